The van der Waals surface area contributed by atoms with Gasteiger partial charge >= 0.3 is 0 Å². The van der Waals surface area contributed by atoms with Gasteiger partial charge in [0.1, 0.15) is 0 Å². The number of fused-ring (bicyclic) bond motifs is 1. The fraction of sp³-hybridized carbons (Fsp3) is 0.545. The number of hydrogen-bond donors (Lipinski definition) is 2. The van der Waals surface area contributed by atoms with Gasteiger partial charge < -0.3 is 0 Å². The largest absolute Gasteiger partial charge is 0.288 e. The number of sulfonamides is 1. The summed E-state index contributed by atoms with van der Waals surface area (Å²) in [7, 11) is -3.20. The topological polar surface area (TPSA) is 86.7 Å². The molecular formula is C11H16N2O4S2. The molecule has 106 valence electrons. The molecule has 0 saturated carbocycles. The average Bonchev–Trinajstić information content (AvgIpc) is 2.80. The van der Waals surface area contributed by atoms with E-state index in [1.165, 1.54) is 15.6 Å². The summed E-state index contributed by atoms with van der Waals surface area (Å²) in [5, 5.41) is 8.60. The molecule has 0 aromatic carbocycles. The van der Waals surface area contributed by atoms with Crippen molar-refractivity contribution in [3.05, 3.63) is 21.4 Å². The van der Waals surface area contributed by atoms with Gasteiger partial charge in [-0.1, -0.05) is 6.92 Å². The maximum atomic E-state index is 12.0. The van der Waals surface area contributed by atoms with Crippen LogP contribution in [-0.2, 0) is 23.0 Å². The van der Waals surface area contributed by atoms with Crippen molar-refractivity contribution in [1.82, 2.24) is 9.79 Å². The van der Waals surface area contributed by atoms with Gasteiger partial charge in [-0.25, -0.2) is 13.9 Å². The molecule has 2 N–H and O–H groups in total. The second-order valence-corrected chi connectivity index (χ2v) is 7.62. The average molecular weight is 304 g/mol. The van der Waals surface area contributed by atoms with Gasteiger partial charge in [0.15, 0.2) is 0 Å². The molecule has 1 aliphatic rings. The first kappa shape index (κ1) is 14.4. The van der Waals surface area contributed by atoms with Crippen molar-refractivity contribution >= 4 is 27.3 Å². The highest BCUT2D eigenvalue weighted by Gasteiger charge is 2.28. The third-order valence-electron chi connectivity index (χ3n) is 3.03. The molecule has 19 heavy (non-hydrogen) atoms. The molecule has 0 saturated heterocycles. The monoisotopic (exact) mass is 304 g/mol. The van der Waals surface area contributed by atoms with Gasteiger partial charge in [-0.15, -0.1) is 11.3 Å². The lowest BCUT2D eigenvalue weighted by Gasteiger charge is -2.25. The van der Waals surface area contributed by atoms with E-state index >= 15 is 0 Å². The van der Waals surface area contributed by atoms with Gasteiger partial charge in [-0.3, -0.25) is 10.0 Å². The lowest BCUT2D eigenvalue weighted by Crippen LogP contribution is -2.36. The Morgan fingerprint density at radius 3 is 2.95 bits per heavy atom. The summed E-state index contributed by atoms with van der Waals surface area (Å²) in [6.07, 6.45) is 1.20. The number of hydroxylamine groups is 1. The first-order valence-electron chi connectivity index (χ1n) is 6.01. The zero-order valence-electron chi connectivity index (χ0n) is 10.5. The number of rotatable bonds is 4. The number of carbonyl (C=O) groups excluding carboxylic acids is 1. The van der Waals surface area contributed by atoms with Crippen LogP contribution in [-0.4, -0.2) is 36.1 Å². The van der Waals surface area contributed by atoms with E-state index in [1.807, 2.05) is 6.92 Å². The molecule has 2 rings (SSSR count). The van der Waals surface area contributed by atoms with Crippen molar-refractivity contribution in [3.8, 4) is 0 Å². The number of nitrogens with zero attached hydrogens (tertiary/aromatic N) is 1. The molecule has 0 atom stereocenters. The van der Waals surface area contributed by atoms with E-state index in [0.29, 0.717) is 30.8 Å². The molecule has 0 fully saturated rings. The summed E-state index contributed by atoms with van der Waals surface area (Å²) >= 11 is 1.23. The zero-order valence-corrected chi connectivity index (χ0v) is 12.2. The minimum absolute atomic E-state index is 0.150. The standard InChI is InChI=1S/C11H16N2O4S2/c1-2-5-19(16,17)13-4-3-8-6-9(11(14)12-15)18-10(8)7-13/h6,15H,2-5,7H2,1H3,(H,12,14). The van der Waals surface area contributed by atoms with Crippen molar-refractivity contribution in [2.24, 2.45) is 0 Å². The normalized spacial score (nSPS) is 16.1. The molecule has 1 aromatic heterocycles. The molecular weight excluding hydrogens is 288 g/mol. The molecule has 0 aliphatic carbocycles. The van der Waals surface area contributed by atoms with Crippen LogP contribution in [0.15, 0.2) is 6.07 Å². The zero-order chi connectivity index (χ0) is 14.0. The molecule has 1 aromatic rings. The SMILES string of the molecule is CCCS(=O)(=O)N1CCc2cc(C(=O)NO)sc2C1. The van der Waals surface area contributed by atoms with Gasteiger partial charge in [-0.05, 0) is 24.5 Å². The van der Waals surface area contributed by atoms with Gasteiger partial charge in [0, 0.05) is 18.0 Å². The number of nitrogens with one attached hydrogen (secondary N) is 1. The minimum Gasteiger partial charge on any atom is -0.288 e. The second-order valence-electron chi connectivity index (χ2n) is 4.40. The number of hydrogen-bond acceptors (Lipinski definition) is 5. The number of thiophene rings is 1. The van der Waals surface area contributed by atoms with E-state index in [2.05, 4.69) is 0 Å². The molecule has 0 radical (unpaired) electrons. The van der Waals surface area contributed by atoms with Crippen molar-refractivity contribution in [1.29, 1.82) is 0 Å². The third kappa shape index (κ3) is 2.97. The summed E-state index contributed by atoms with van der Waals surface area (Å²) < 4.78 is 25.5. The summed E-state index contributed by atoms with van der Waals surface area (Å²) in [6.45, 7) is 2.61. The summed E-state index contributed by atoms with van der Waals surface area (Å²) in [5.74, 6) is -0.403. The van der Waals surface area contributed by atoms with Crippen LogP contribution < -0.4 is 5.48 Å². The summed E-state index contributed by atoms with van der Waals surface area (Å²) in [5.41, 5.74) is 2.58. The van der Waals surface area contributed by atoms with Crippen molar-refractivity contribution in [2.75, 3.05) is 12.3 Å². The van der Waals surface area contributed by atoms with Crippen LogP contribution in [0.1, 0.15) is 33.5 Å². The molecule has 1 aliphatic heterocycles. The molecule has 2 heterocycles. The third-order valence-corrected chi connectivity index (χ3v) is 6.21. The molecule has 0 unspecified atom stereocenters. The van der Waals surface area contributed by atoms with Crippen molar-refractivity contribution in [2.45, 2.75) is 26.3 Å². The van der Waals surface area contributed by atoms with Crippen LogP contribution in [0.25, 0.3) is 0 Å². The van der Waals surface area contributed by atoms with E-state index in [1.54, 1.807) is 11.5 Å². The Balaban J connectivity index is 2.20. The Bertz CT molecular complexity index is 580. The fourth-order valence-electron chi connectivity index (χ4n) is 2.09. The smallest absolute Gasteiger partial charge is 0.284 e. The predicted octanol–water partition coefficient (Wildman–Crippen LogP) is 0.965. The maximum Gasteiger partial charge on any atom is 0.284 e. The Morgan fingerprint density at radius 2 is 2.32 bits per heavy atom. The Kier molecular flexibility index (Phi) is 4.24. The van der Waals surface area contributed by atoms with E-state index in [4.69, 9.17) is 5.21 Å². The van der Waals surface area contributed by atoms with Crippen LogP contribution in [0.4, 0.5) is 0 Å². The first-order chi connectivity index (χ1) is 8.97. The highest BCUT2D eigenvalue weighted by atomic mass is 32.2. The van der Waals surface area contributed by atoms with E-state index in [-0.39, 0.29) is 5.75 Å². The summed E-state index contributed by atoms with van der Waals surface area (Å²) in [6, 6.07) is 1.72. The first-order valence-corrected chi connectivity index (χ1v) is 8.44. The quantitative estimate of drug-likeness (QED) is 0.641. The van der Waals surface area contributed by atoms with E-state index in [9.17, 15) is 13.2 Å². The molecule has 1 amide bonds. The van der Waals surface area contributed by atoms with Crippen LogP contribution >= 0.6 is 11.3 Å². The van der Waals surface area contributed by atoms with Crippen molar-refractivity contribution in [3.63, 3.8) is 0 Å². The lowest BCUT2D eigenvalue weighted by molar-refractivity contribution is 0.0711. The fourth-order valence-corrected chi connectivity index (χ4v) is 4.76. The molecule has 8 heteroatoms. The van der Waals surface area contributed by atoms with Gasteiger partial charge in [0.05, 0.1) is 10.6 Å². The summed E-state index contributed by atoms with van der Waals surface area (Å²) in [4.78, 5) is 12.6. The van der Waals surface area contributed by atoms with E-state index < -0.39 is 15.9 Å². The van der Waals surface area contributed by atoms with Crippen LogP contribution in [0, 0.1) is 0 Å². The van der Waals surface area contributed by atoms with E-state index in [0.717, 1.165) is 10.4 Å². The Labute approximate surface area is 116 Å². The number of amides is 1. The predicted molar refractivity (Wildman–Crippen MR) is 71.8 cm³/mol. The maximum absolute atomic E-state index is 12.0. The second kappa shape index (κ2) is 5.58. The minimum atomic E-state index is -3.20. The highest BCUT2D eigenvalue weighted by molar-refractivity contribution is 7.89. The van der Waals surface area contributed by atoms with Crippen LogP contribution in [0.3, 0.4) is 0 Å². The molecule has 0 bridgehead atoms. The Hall–Kier alpha value is -0.960. The number of carbonyl (C=O) groups is 1. The molecule has 0 spiro atoms. The molecule has 6 nitrogen and oxygen atoms in total. The van der Waals surface area contributed by atoms with Gasteiger partial charge in [0.2, 0.25) is 10.0 Å². The van der Waals surface area contributed by atoms with Crippen LogP contribution in [0.2, 0.25) is 0 Å². The Morgan fingerprint density at radius 1 is 1.58 bits per heavy atom. The van der Waals surface area contributed by atoms with Gasteiger partial charge in [0.25, 0.3) is 5.91 Å². The van der Waals surface area contributed by atoms with Gasteiger partial charge in [-0.2, -0.15) is 4.31 Å². The lowest BCUT2D eigenvalue weighted by atomic mass is 10.1. The van der Waals surface area contributed by atoms with Crippen LogP contribution in [0.5, 0.6) is 0 Å². The highest BCUT2D eigenvalue weighted by Crippen LogP contribution is 2.29. The van der Waals surface area contributed by atoms with Crippen molar-refractivity contribution < 1.29 is 18.4 Å².